The Hall–Kier alpha value is -3.06. The number of carbonyl (C=O) groups is 2. The first-order valence-electron chi connectivity index (χ1n) is 10.2. The maximum atomic E-state index is 13.3. The van der Waals surface area contributed by atoms with E-state index < -0.39 is 0 Å². The molecule has 0 spiro atoms. The monoisotopic (exact) mass is 411 g/mol. The van der Waals surface area contributed by atoms with Gasteiger partial charge in [-0.1, -0.05) is 18.2 Å². The van der Waals surface area contributed by atoms with Crippen LogP contribution in [0, 0.1) is 0 Å². The van der Waals surface area contributed by atoms with Gasteiger partial charge >= 0.3 is 0 Å². The van der Waals surface area contributed by atoms with Gasteiger partial charge < -0.3 is 24.6 Å². The summed E-state index contributed by atoms with van der Waals surface area (Å²) in [4.78, 5) is 29.5. The van der Waals surface area contributed by atoms with Crippen molar-refractivity contribution in [2.75, 3.05) is 46.9 Å². The Labute approximate surface area is 177 Å². The van der Waals surface area contributed by atoms with E-state index in [9.17, 15) is 9.59 Å². The van der Waals surface area contributed by atoms with Crippen LogP contribution in [0.2, 0.25) is 0 Å². The molecule has 2 amide bonds. The highest BCUT2D eigenvalue weighted by Gasteiger charge is 2.21. The van der Waals surface area contributed by atoms with Crippen molar-refractivity contribution in [2.45, 2.75) is 13.0 Å². The van der Waals surface area contributed by atoms with Gasteiger partial charge in [-0.05, 0) is 35.9 Å². The highest BCUT2D eigenvalue weighted by atomic mass is 16.5. The summed E-state index contributed by atoms with van der Waals surface area (Å²) in [6.07, 6.45) is 0.291. The fourth-order valence-corrected chi connectivity index (χ4v) is 3.49. The lowest BCUT2D eigenvalue weighted by molar-refractivity contribution is -0.132. The molecule has 0 saturated carbocycles. The number of rotatable bonds is 8. The molecule has 0 aromatic heterocycles. The number of hydrogen-bond donors (Lipinski definition) is 1. The number of ether oxygens (including phenoxy) is 2. The predicted octanol–water partition coefficient (Wildman–Crippen LogP) is 2.17. The van der Waals surface area contributed by atoms with Gasteiger partial charge in [0.25, 0.3) is 5.91 Å². The van der Waals surface area contributed by atoms with Crippen LogP contribution in [0.25, 0.3) is 0 Å². The van der Waals surface area contributed by atoms with Crippen LogP contribution in [0.15, 0.2) is 48.5 Å². The van der Waals surface area contributed by atoms with Gasteiger partial charge in [0.05, 0.1) is 14.2 Å². The van der Waals surface area contributed by atoms with Gasteiger partial charge in [-0.2, -0.15) is 0 Å². The fourth-order valence-electron chi connectivity index (χ4n) is 3.49. The van der Waals surface area contributed by atoms with Crippen molar-refractivity contribution < 1.29 is 19.1 Å². The summed E-state index contributed by atoms with van der Waals surface area (Å²) in [5.74, 6) is 1.30. The zero-order valence-electron chi connectivity index (χ0n) is 17.6. The molecule has 0 bridgehead atoms. The minimum atomic E-state index is -0.134. The molecule has 2 aromatic rings. The minimum Gasteiger partial charge on any atom is -0.497 e. The number of nitrogens with zero attached hydrogens (tertiary/aromatic N) is 2. The molecule has 1 saturated heterocycles. The number of methoxy groups -OCH3 is 2. The first-order chi connectivity index (χ1) is 14.6. The Morgan fingerprint density at radius 1 is 1.00 bits per heavy atom. The van der Waals surface area contributed by atoms with Crippen molar-refractivity contribution in [1.29, 1.82) is 0 Å². The van der Waals surface area contributed by atoms with Crippen LogP contribution in [0.1, 0.15) is 22.3 Å². The first kappa shape index (κ1) is 21.6. The van der Waals surface area contributed by atoms with Gasteiger partial charge in [-0.25, -0.2) is 0 Å². The molecule has 0 radical (unpaired) electrons. The Balaban J connectivity index is 1.76. The van der Waals surface area contributed by atoms with E-state index >= 15 is 0 Å². The number of carbonyl (C=O) groups excluding carboxylic acids is 2. The Morgan fingerprint density at radius 2 is 1.67 bits per heavy atom. The number of amides is 2. The van der Waals surface area contributed by atoms with E-state index in [-0.39, 0.29) is 11.8 Å². The maximum Gasteiger partial charge on any atom is 0.254 e. The molecular formula is C23H29N3O4. The number of nitrogens with one attached hydrogen (secondary N) is 1. The molecule has 1 aliphatic rings. The Kier molecular flexibility index (Phi) is 7.68. The molecule has 1 heterocycles. The third-order valence-electron chi connectivity index (χ3n) is 5.18. The molecule has 160 valence electrons. The third-order valence-corrected chi connectivity index (χ3v) is 5.18. The largest absolute Gasteiger partial charge is 0.497 e. The van der Waals surface area contributed by atoms with Crippen LogP contribution >= 0.6 is 0 Å². The lowest BCUT2D eigenvalue weighted by Gasteiger charge is -2.29. The quantitative estimate of drug-likeness (QED) is 0.721. The molecule has 0 atom stereocenters. The van der Waals surface area contributed by atoms with Crippen LogP contribution in [-0.2, 0) is 11.3 Å². The minimum absolute atomic E-state index is 0.0746. The molecule has 1 N–H and O–H groups in total. The summed E-state index contributed by atoms with van der Waals surface area (Å²) >= 11 is 0. The van der Waals surface area contributed by atoms with Crippen molar-refractivity contribution in [2.24, 2.45) is 0 Å². The Bertz CT molecular complexity index is 865. The normalized spacial score (nSPS) is 13.6. The maximum absolute atomic E-state index is 13.3. The first-order valence-corrected chi connectivity index (χ1v) is 10.2. The summed E-state index contributed by atoms with van der Waals surface area (Å²) < 4.78 is 10.6. The summed E-state index contributed by atoms with van der Waals surface area (Å²) in [5, 5.41) is 3.25. The Morgan fingerprint density at radius 3 is 2.37 bits per heavy atom. The highest BCUT2D eigenvalue weighted by molar-refractivity contribution is 5.94. The summed E-state index contributed by atoms with van der Waals surface area (Å²) in [5.41, 5.74) is 1.48. The van der Waals surface area contributed by atoms with Crippen molar-refractivity contribution in [3.05, 3.63) is 59.7 Å². The lowest BCUT2D eigenvalue weighted by atomic mass is 10.1. The van der Waals surface area contributed by atoms with Gasteiger partial charge in [0.15, 0.2) is 0 Å². The molecule has 0 unspecified atom stereocenters. The molecule has 7 heteroatoms. The van der Waals surface area contributed by atoms with Crippen LogP contribution in [0.3, 0.4) is 0 Å². The second-order valence-corrected chi connectivity index (χ2v) is 7.19. The van der Waals surface area contributed by atoms with Crippen molar-refractivity contribution >= 4 is 11.8 Å². The van der Waals surface area contributed by atoms with Crippen LogP contribution in [-0.4, -0.2) is 68.6 Å². The average molecular weight is 412 g/mol. The van der Waals surface area contributed by atoms with E-state index in [0.717, 1.165) is 24.4 Å². The highest BCUT2D eigenvalue weighted by Crippen LogP contribution is 2.19. The topological polar surface area (TPSA) is 71.1 Å². The smallest absolute Gasteiger partial charge is 0.254 e. The molecule has 2 aromatic carbocycles. The zero-order valence-corrected chi connectivity index (χ0v) is 17.6. The van der Waals surface area contributed by atoms with Gasteiger partial charge in [0.2, 0.25) is 5.91 Å². The summed E-state index contributed by atoms with van der Waals surface area (Å²) in [6, 6.07) is 14.7. The summed E-state index contributed by atoms with van der Waals surface area (Å²) in [6.45, 7) is 3.76. The van der Waals surface area contributed by atoms with Gasteiger partial charge in [-0.15, -0.1) is 0 Å². The molecule has 0 aliphatic carbocycles. The van der Waals surface area contributed by atoms with Gasteiger partial charge in [0, 0.05) is 51.3 Å². The van der Waals surface area contributed by atoms with E-state index in [4.69, 9.17) is 9.47 Å². The van der Waals surface area contributed by atoms with E-state index in [1.807, 2.05) is 29.2 Å². The van der Waals surface area contributed by atoms with Crippen molar-refractivity contribution in [3.63, 3.8) is 0 Å². The average Bonchev–Trinajstić information content (AvgIpc) is 2.81. The van der Waals surface area contributed by atoms with Gasteiger partial charge in [0.1, 0.15) is 11.5 Å². The van der Waals surface area contributed by atoms with E-state index in [0.29, 0.717) is 43.9 Å². The van der Waals surface area contributed by atoms with Crippen LogP contribution in [0.4, 0.5) is 0 Å². The molecule has 30 heavy (non-hydrogen) atoms. The molecule has 3 rings (SSSR count). The molecule has 1 fully saturated rings. The van der Waals surface area contributed by atoms with Crippen molar-refractivity contribution in [3.8, 4) is 11.5 Å². The van der Waals surface area contributed by atoms with Gasteiger partial charge in [-0.3, -0.25) is 9.59 Å². The fraction of sp³-hybridized carbons (Fsp3) is 0.391. The SMILES string of the molecule is COc1cccc(CN(CCC(=O)N2CCNCC2)C(=O)c2cccc(OC)c2)c1. The number of hydrogen-bond acceptors (Lipinski definition) is 5. The van der Waals surface area contributed by atoms with Crippen LogP contribution in [0.5, 0.6) is 11.5 Å². The van der Waals surface area contributed by atoms with Crippen molar-refractivity contribution in [1.82, 2.24) is 15.1 Å². The second kappa shape index (κ2) is 10.6. The zero-order chi connectivity index (χ0) is 21.3. The number of benzene rings is 2. The molecular weight excluding hydrogens is 382 g/mol. The van der Waals surface area contributed by atoms with E-state index in [2.05, 4.69) is 5.32 Å². The predicted molar refractivity (Wildman–Crippen MR) is 115 cm³/mol. The molecule has 7 nitrogen and oxygen atoms in total. The van der Waals surface area contributed by atoms with E-state index in [1.54, 1.807) is 43.4 Å². The van der Waals surface area contributed by atoms with Crippen LogP contribution < -0.4 is 14.8 Å². The van der Waals surface area contributed by atoms with E-state index in [1.165, 1.54) is 0 Å². The number of piperazine rings is 1. The standard InChI is InChI=1S/C23H29N3O4/c1-29-20-7-3-5-18(15-20)17-26(12-9-22(27)25-13-10-24-11-14-25)23(28)19-6-4-8-21(16-19)30-2/h3-8,15-16,24H,9-14,17H2,1-2H3. The molecule has 1 aliphatic heterocycles. The summed E-state index contributed by atoms with van der Waals surface area (Å²) in [7, 11) is 3.19. The third kappa shape index (κ3) is 5.73. The second-order valence-electron chi connectivity index (χ2n) is 7.19. The lowest BCUT2D eigenvalue weighted by Crippen LogP contribution is -2.47.